The van der Waals surface area contributed by atoms with Crippen molar-refractivity contribution in [3.05, 3.63) is 60.7 Å². The van der Waals surface area contributed by atoms with E-state index < -0.39 is 0 Å². The van der Waals surface area contributed by atoms with Gasteiger partial charge in [-0.2, -0.15) is 15.5 Å². The number of fused-ring (bicyclic) bond motifs is 1. The van der Waals surface area contributed by atoms with E-state index in [1.807, 2.05) is 35.1 Å². The zero-order valence-corrected chi connectivity index (χ0v) is 23.7. The fourth-order valence-electron chi connectivity index (χ4n) is 5.20. The highest BCUT2D eigenvalue weighted by Crippen LogP contribution is 2.33. The number of rotatable bonds is 7. The normalized spacial score (nSPS) is 14.9. The number of pyridine rings is 1. The lowest BCUT2D eigenvalue weighted by molar-refractivity contribution is -0.133. The molecule has 1 aliphatic heterocycles. The molecule has 0 unspecified atom stereocenters. The standard InChI is InChI=1S/C31H37N7O2/c1-22(21-39)18-37-19-26(17-33-37)24-13-28(30-25(15-32)16-34-38(30)20-24)23-5-7-27(8-6-23)35-9-11-36(12-10-35)29(40)14-31(2,3)4/h5-8,13,16-17,19-20,22,39H,9-12,14,18,21H2,1-4H3/t22-/m0/s1. The highest BCUT2D eigenvalue weighted by molar-refractivity contribution is 5.88. The predicted octanol–water partition coefficient (Wildman–Crippen LogP) is 4.45. The monoisotopic (exact) mass is 539 g/mol. The summed E-state index contributed by atoms with van der Waals surface area (Å²) in [4.78, 5) is 16.9. The van der Waals surface area contributed by atoms with E-state index in [1.54, 1.807) is 10.7 Å². The first-order valence-electron chi connectivity index (χ1n) is 13.8. The molecule has 1 amide bonds. The summed E-state index contributed by atoms with van der Waals surface area (Å²) in [5, 5.41) is 28.1. The van der Waals surface area contributed by atoms with E-state index in [0.29, 0.717) is 18.5 Å². The summed E-state index contributed by atoms with van der Waals surface area (Å²) in [6.45, 7) is 12.1. The highest BCUT2D eigenvalue weighted by Gasteiger charge is 2.25. The van der Waals surface area contributed by atoms with Crippen molar-refractivity contribution < 1.29 is 9.90 Å². The van der Waals surface area contributed by atoms with Crippen LogP contribution in [0.2, 0.25) is 0 Å². The Morgan fingerprint density at radius 3 is 2.40 bits per heavy atom. The van der Waals surface area contributed by atoms with Crippen molar-refractivity contribution in [2.75, 3.05) is 37.7 Å². The van der Waals surface area contributed by atoms with Gasteiger partial charge in [-0.15, -0.1) is 0 Å². The van der Waals surface area contributed by atoms with Gasteiger partial charge in [-0.25, -0.2) is 4.52 Å². The maximum Gasteiger partial charge on any atom is 0.223 e. The van der Waals surface area contributed by atoms with Gasteiger partial charge >= 0.3 is 0 Å². The molecule has 208 valence electrons. The third-order valence-corrected chi connectivity index (χ3v) is 7.37. The fourth-order valence-corrected chi connectivity index (χ4v) is 5.20. The number of nitrogens with zero attached hydrogens (tertiary/aromatic N) is 7. The van der Waals surface area contributed by atoms with Crippen molar-refractivity contribution in [3.8, 4) is 28.3 Å². The molecule has 0 aliphatic carbocycles. The molecule has 9 nitrogen and oxygen atoms in total. The molecule has 40 heavy (non-hydrogen) atoms. The Balaban J connectivity index is 1.39. The lowest BCUT2D eigenvalue weighted by Crippen LogP contribution is -2.49. The van der Waals surface area contributed by atoms with Crippen molar-refractivity contribution in [1.29, 1.82) is 5.26 Å². The zero-order valence-electron chi connectivity index (χ0n) is 23.7. The van der Waals surface area contributed by atoms with E-state index in [1.165, 1.54) is 0 Å². The molecule has 0 saturated carbocycles. The van der Waals surface area contributed by atoms with Crippen LogP contribution >= 0.6 is 0 Å². The number of anilines is 1. The number of nitriles is 1. The summed E-state index contributed by atoms with van der Waals surface area (Å²) in [5.41, 5.74) is 6.20. The largest absolute Gasteiger partial charge is 0.396 e. The number of hydrogen-bond acceptors (Lipinski definition) is 6. The van der Waals surface area contributed by atoms with Crippen LogP contribution < -0.4 is 4.90 Å². The summed E-state index contributed by atoms with van der Waals surface area (Å²) in [6.07, 6.45) is 7.88. The molecule has 1 aliphatic rings. The number of carbonyl (C=O) groups is 1. The number of aromatic nitrogens is 4. The first kappa shape index (κ1) is 27.4. The van der Waals surface area contributed by atoms with Gasteiger partial charge in [0.25, 0.3) is 0 Å². The van der Waals surface area contributed by atoms with Gasteiger partial charge in [0.2, 0.25) is 5.91 Å². The van der Waals surface area contributed by atoms with Crippen LogP contribution in [0.4, 0.5) is 5.69 Å². The first-order valence-corrected chi connectivity index (χ1v) is 13.8. The van der Waals surface area contributed by atoms with Crippen LogP contribution in [-0.4, -0.2) is 68.1 Å². The van der Waals surface area contributed by atoms with Gasteiger partial charge in [0.15, 0.2) is 0 Å². The Morgan fingerprint density at radius 2 is 1.75 bits per heavy atom. The Labute approximate surface area is 235 Å². The molecule has 1 atom stereocenters. The summed E-state index contributed by atoms with van der Waals surface area (Å²) < 4.78 is 3.60. The molecule has 4 aromatic rings. The second-order valence-corrected chi connectivity index (χ2v) is 12.0. The average molecular weight is 540 g/mol. The summed E-state index contributed by atoms with van der Waals surface area (Å²) >= 11 is 0. The number of aliphatic hydroxyl groups is 1. The molecule has 1 fully saturated rings. The number of benzene rings is 1. The van der Waals surface area contributed by atoms with Crippen LogP contribution in [0.5, 0.6) is 0 Å². The predicted molar refractivity (Wildman–Crippen MR) is 156 cm³/mol. The third kappa shape index (κ3) is 5.87. The third-order valence-electron chi connectivity index (χ3n) is 7.37. The highest BCUT2D eigenvalue weighted by atomic mass is 16.3. The molecule has 5 rings (SSSR count). The summed E-state index contributed by atoms with van der Waals surface area (Å²) in [6, 6.07) is 12.8. The Morgan fingerprint density at radius 1 is 1.02 bits per heavy atom. The lowest BCUT2D eigenvalue weighted by Gasteiger charge is -2.37. The summed E-state index contributed by atoms with van der Waals surface area (Å²) in [7, 11) is 0. The lowest BCUT2D eigenvalue weighted by atomic mass is 9.91. The molecular formula is C31H37N7O2. The Bertz CT molecular complexity index is 1530. The second-order valence-electron chi connectivity index (χ2n) is 12.0. The smallest absolute Gasteiger partial charge is 0.223 e. The van der Waals surface area contributed by atoms with E-state index in [9.17, 15) is 15.2 Å². The van der Waals surface area contributed by atoms with E-state index in [4.69, 9.17) is 0 Å². The van der Waals surface area contributed by atoms with Gasteiger partial charge in [0.1, 0.15) is 6.07 Å². The molecule has 1 aromatic carbocycles. The van der Waals surface area contributed by atoms with Crippen LogP contribution in [0.15, 0.2) is 55.1 Å². The van der Waals surface area contributed by atoms with Crippen LogP contribution in [0.25, 0.3) is 27.8 Å². The van der Waals surface area contributed by atoms with E-state index >= 15 is 0 Å². The minimum Gasteiger partial charge on any atom is -0.396 e. The van der Waals surface area contributed by atoms with Gasteiger partial charge in [0.05, 0.1) is 23.5 Å². The first-order chi connectivity index (χ1) is 19.1. The zero-order chi connectivity index (χ0) is 28.4. The second kappa shape index (κ2) is 11.1. The van der Waals surface area contributed by atoms with Crippen molar-refractivity contribution in [2.45, 2.75) is 40.7 Å². The molecule has 0 radical (unpaired) electrons. The van der Waals surface area contributed by atoms with Crippen LogP contribution in [0.3, 0.4) is 0 Å². The molecule has 0 spiro atoms. The van der Waals surface area contributed by atoms with Crippen molar-refractivity contribution in [3.63, 3.8) is 0 Å². The van der Waals surface area contributed by atoms with Gasteiger partial charge in [-0.05, 0) is 35.1 Å². The van der Waals surface area contributed by atoms with Crippen molar-refractivity contribution >= 4 is 17.1 Å². The minimum atomic E-state index is -0.00728. The van der Waals surface area contributed by atoms with E-state index in [-0.39, 0.29) is 23.8 Å². The number of aliphatic hydroxyl groups excluding tert-OH is 1. The van der Waals surface area contributed by atoms with Crippen LogP contribution in [0, 0.1) is 22.7 Å². The number of hydrogen-bond donors (Lipinski definition) is 1. The molecule has 3 aromatic heterocycles. The maximum atomic E-state index is 12.6. The molecule has 9 heteroatoms. The van der Waals surface area contributed by atoms with Gasteiger partial charge in [-0.3, -0.25) is 9.48 Å². The Kier molecular flexibility index (Phi) is 7.63. The number of amides is 1. The summed E-state index contributed by atoms with van der Waals surface area (Å²) in [5.74, 6) is 0.342. The van der Waals surface area contributed by atoms with E-state index in [0.717, 1.165) is 59.6 Å². The minimum absolute atomic E-state index is 0.00728. The average Bonchev–Trinajstić information content (AvgIpc) is 3.58. The van der Waals surface area contributed by atoms with Gasteiger partial charge < -0.3 is 14.9 Å². The molecule has 4 heterocycles. The SMILES string of the molecule is C[C@H](CO)Cn1cc(-c2cc(-c3ccc(N4CCN(C(=O)CC(C)(C)C)CC4)cc3)c3c(C#N)cnn3c2)cn1. The topological polar surface area (TPSA) is 103 Å². The molecule has 1 N–H and O–H groups in total. The quantitative estimate of drug-likeness (QED) is 0.372. The molecular weight excluding hydrogens is 502 g/mol. The molecule has 1 saturated heterocycles. The van der Waals surface area contributed by atoms with Gasteiger partial charge in [0, 0.05) is 80.5 Å². The van der Waals surface area contributed by atoms with Crippen LogP contribution in [-0.2, 0) is 11.3 Å². The number of carbonyl (C=O) groups excluding carboxylic acids is 1. The van der Waals surface area contributed by atoms with Crippen molar-refractivity contribution in [1.82, 2.24) is 24.3 Å². The molecule has 0 bridgehead atoms. The van der Waals surface area contributed by atoms with Crippen LogP contribution in [0.1, 0.15) is 39.7 Å². The number of piperazine rings is 1. The van der Waals surface area contributed by atoms with Gasteiger partial charge in [-0.1, -0.05) is 39.8 Å². The van der Waals surface area contributed by atoms with E-state index in [2.05, 4.69) is 72.3 Å². The van der Waals surface area contributed by atoms with Crippen molar-refractivity contribution in [2.24, 2.45) is 11.3 Å². The Hall–Kier alpha value is -4.16. The maximum absolute atomic E-state index is 12.6. The fraction of sp³-hybridized carbons (Fsp3) is 0.419.